The van der Waals surface area contributed by atoms with Crippen molar-refractivity contribution in [2.45, 2.75) is 31.8 Å². The molecule has 8 nitrogen and oxygen atoms in total. The summed E-state index contributed by atoms with van der Waals surface area (Å²) in [7, 11) is 3.45. The number of nitrogens with one attached hydrogen (secondary N) is 1. The van der Waals surface area contributed by atoms with Crippen LogP contribution in [0.4, 0.5) is 5.82 Å². The molecule has 2 fully saturated rings. The number of pyridine rings is 2. The zero-order valence-corrected chi connectivity index (χ0v) is 17.4. The zero-order valence-electron chi connectivity index (χ0n) is 17.4. The first kappa shape index (κ1) is 20.1. The Morgan fingerprint density at radius 1 is 1.17 bits per heavy atom. The quantitative estimate of drug-likeness (QED) is 0.754. The molecule has 2 aromatic rings. The zero-order chi connectivity index (χ0) is 21.1. The van der Waals surface area contributed by atoms with Crippen molar-refractivity contribution < 1.29 is 14.3 Å². The number of amides is 2. The molecule has 30 heavy (non-hydrogen) atoms. The average molecular weight is 409 g/mol. The second kappa shape index (κ2) is 8.69. The monoisotopic (exact) mass is 409 g/mol. The predicted molar refractivity (Wildman–Crippen MR) is 112 cm³/mol. The Morgan fingerprint density at radius 3 is 2.63 bits per heavy atom. The Morgan fingerprint density at radius 2 is 2.00 bits per heavy atom. The van der Waals surface area contributed by atoms with E-state index >= 15 is 0 Å². The first-order chi connectivity index (χ1) is 14.5. The number of methoxy groups -OCH3 is 1. The van der Waals surface area contributed by atoms with E-state index < -0.39 is 0 Å². The van der Waals surface area contributed by atoms with Crippen molar-refractivity contribution in [1.82, 2.24) is 19.8 Å². The van der Waals surface area contributed by atoms with E-state index in [1.165, 1.54) is 0 Å². The lowest BCUT2D eigenvalue weighted by molar-refractivity contribution is -0.133. The van der Waals surface area contributed by atoms with E-state index in [4.69, 9.17) is 4.74 Å². The molecule has 8 heteroatoms. The first-order valence-corrected chi connectivity index (χ1v) is 10.3. The van der Waals surface area contributed by atoms with E-state index in [2.05, 4.69) is 15.3 Å². The van der Waals surface area contributed by atoms with Crippen LogP contribution in [0.2, 0.25) is 0 Å². The third-order valence-corrected chi connectivity index (χ3v) is 5.76. The molecule has 0 radical (unpaired) electrons. The molecular formula is C22H27N5O3. The molecule has 1 saturated heterocycles. The highest BCUT2D eigenvalue weighted by Crippen LogP contribution is 2.32. The number of ether oxygens (including phenoxy) is 1. The van der Waals surface area contributed by atoms with Gasteiger partial charge in [0.2, 0.25) is 11.8 Å². The molecule has 2 amide bonds. The molecule has 2 aliphatic rings. The Hall–Kier alpha value is -3.16. The molecule has 1 atom stereocenters. The Labute approximate surface area is 176 Å². The lowest BCUT2D eigenvalue weighted by Crippen LogP contribution is -2.40. The molecule has 4 rings (SSSR count). The van der Waals surface area contributed by atoms with Crippen molar-refractivity contribution in [3.05, 3.63) is 47.8 Å². The van der Waals surface area contributed by atoms with Gasteiger partial charge in [-0.2, -0.15) is 0 Å². The van der Waals surface area contributed by atoms with Crippen molar-refractivity contribution in [3.8, 4) is 5.88 Å². The Kier molecular flexibility index (Phi) is 5.83. The molecular weight excluding hydrogens is 382 g/mol. The molecule has 0 spiro atoms. The van der Waals surface area contributed by atoms with E-state index in [1.807, 2.05) is 29.0 Å². The number of carbonyl (C=O) groups excluding carboxylic acids is 2. The predicted octanol–water partition coefficient (Wildman–Crippen LogP) is 2.18. The Balaban J connectivity index is 1.30. The molecule has 1 aliphatic heterocycles. The van der Waals surface area contributed by atoms with Gasteiger partial charge in [-0.25, -0.2) is 9.97 Å². The average Bonchev–Trinajstić information content (AvgIpc) is 3.53. The summed E-state index contributed by atoms with van der Waals surface area (Å²) in [4.78, 5) is 37.3. The summed E-state index contributed by atoms with van der Waals surface area (Å²) < 4.78 is 5.06. The van der Waals surface area contributed by atoms with Gasteiger partial charge >= 0.3 is 0 Å². The van der Waals surface area contributed by atoms with Crippen molar-refractivity contribution >= 4 is 17.6 Å². The maximum atomic E-state index is 12.8. The fourth-order valence-corrected chi connectivity index (χ4v) is 3.68. The van der Waals surface area contributed by atoms with Gasteiger partial charge in [-0.3, -0.25) is 9.59 Å². The van der Waals surface area contributed by atoms with Crippen LogP contribution < -0.4 is 10.1 Å². The molecule has 158 valence electrons. The third-order valence-electron chi connectivity index (χ3n) is 5.76. The minimum Gasteiger partial charge on any atom is -0.481 e. The topological polar surface area (TPSA) is 87.7 Å². The van der Waals surface area contributed by atoms with Crippen LogP contribution in [-0.4, -0.2) is 64.9 Å². The molecule has 0 aromatic carbocycles. The molecule has 2 aromatic heterocycles. The van der Waals surface area contributed by atoms with Crippen LogP contribution >= 0.6 is 0 Å². The summed E-state index contributed by atoms with van der Waals surface area (Å²) in [5, 5.41) is 3.22. The number of likely N-dealkylation sites (N-methyl/N-ethyl adjacent to an activating group) is 1. The fraction of sp³-hybridized carbons (Fsp3) is 0.455. The smallest absolute Gasteiger partial charge is 0.255 e. The van der Waals surface area contributed by atoms with E-state index in [0.29, 0.717) is 36.9 Å². The summed E-state index contributed by atoms with van der Waals surface area (Å²) >= 11 is 0. The lowest BCUT2D eigenvalue weighted by Gasteiger charge is -2.25. The number of hydrogen-bond donors (Lipinski definition) is 1. The van der Waals surface area contributed by atoms with Gasteiger partial charge in [-0.05, 0) is 37.0 Å². The number of aromatic nitrogens is 2. The van der Waals surface area contributed by atoms with E-state index in [1.54, 1.807) is 31.6 Å². The fourth-order valence-electron chi connectivity index (χ4n) is 3.68. The van der Waals surface area contributed by atoms with Crippen molar-refractivity contribution in [2.24, 2.45) is 5.92 Å². The normalized spacial score (nSPS) is 18.2. The molecule has 1 saturated carbocycles. The molecule has 0 unspecified atom stereocenters. The van der Waals surface area contributed by atoms with E-state index in [9.17, 15) is 9.59 Å². The van der Waals surface area contributed by atoms with Crippen LogP contribution in [0.5, 0.6) is 5.88 Å². The minimum absolute atomic E-state index is 0.0387. The second-order valence-corrected chi connectivity index (χ2v) is 7.91. The largest absolute Gasteiger partial charge is 0.481 e. The highest BCUT2D eigenvalue weighted by Gasteiger charge is 2.37. The number of anilines is 1. The van der Waals surface area contributed by atoms with Gasteiger partial charge in [0.15, 0.2) is 0 Å². The summed E-state index contributed by atoms with van der Waals surface area (Å²) in [6.07, 6.45) is 6.17. The molecule has 1 N–H and O–H groups in total. The maximum Gasteiger partial charge on any atom is 0.255 e. The summed E-state index contributed by atoms with van der Waals surface area (Å²) in [6.45, 7) is 1.82. The van der Waals surface area contributed by atoms with Crippen LogP contribution in [-0.2, 0) is 11.3 Å². The summed E-state index contributed by atoms with van der Waals surface area (Å²) in [5.74, 6) is 1.66. The van der Waals surface area contributed by atoms with Gasteiger partial charge in [0.25, 0.3) is 5.91 Å². The second-order valence-electron chi connectivity index (χ2n) is 7.91. The van der Waals surface area contributed by atoms with Crippen molar-refractivity contribution in [3.63, 3.8) is 0 Å². The summed E-state index contributed by atoms with van der Waals surface area (Å²) in [5.41, 5.74) is 1.56. The highest BCUT2D eigenvalue weighted by atomic mass is 16.5. The number of likely N-dealkylation sites (tertiary alicyclic amines) is 1. The molecule has 1 aliphatic carbocycles. The number of hydrogen-bond acceptors (Lipinski definition) is 6. The van der Waals surface area contributed by atoms with Crippen molar-refractivity contribution in [1.29, 1.82) is 0 Å². The molecule has 0 bridgehead atoms. The van der Waals surface area contributed by atoms with Crippen LogP contribution in [0.1, 0.15) is 35.2 Å². The van der Waals surface area contributed by atoms with Crippen LogP contribution in [0, 0.1) is 5.92 Å². The van der Waals surface area contributed by atoms with Crippen LogP contribution in [0.3, 0.4) is 0 Å². The van der Waals surface area contributed by atoms with Gasteiger partial charge in [0.1, 0.15) is 5.82 Å². The van der Waals surface area contributed by atoms with E-state index in [-0.39, 0.29) is 23.8 Å². The third kappa shape index (κ3) is 4.53. The SMILES string of the molecule is COc1ccc(CNc2ccc(C(=O)N3CC[C@H](N(C)C(=O)C4CC4)C3)cn2)cn1. The van der Waals surface area contributed by atoms with Gasteiger partial charge in [-0.1, -0.05) is 6.07 Å². The first-order valence-electron chi connectivity index (χ1n) is 10.3. The number of rotatable bonds is 7. The summed E-state index contributed by atoms with van der Waals surface area (Å²) in [6, 6.07) is 7.45. The maximum absolute atomic E-state index is 12.8. The van der Waals surface area contributed by atoms with Gasteiger partial charge < -0.3 is 19.9 Å². The van der Waals surface area contributed by atoms with Crippen molar-refractivity contribution in [2.75, 3.05) is 32.6 Å². The van der Waals surface area contributed by atoms with E-state index in [0.717, 1.165) is 24.8 Å². The van der Waals surface area contributed by atoms with Crippen LogP contribution in [0.15, 0.2) is 36.7 Å². The van der Waals surface area contributed by atoms with Gasteiger partial charge in [-0.15, -0.1) is 0 Å². The van der Waals surface area contributed by atoms with Gasteiger partial charge in [0.05, 0.1) is 18.7 Å². The number of nitrogens with zero attached hydrogens (tertiary/aromatic N) is 4. The lowest BCUT2D eigenvalue weighted by atomic mass is 10.2. The Bertz CT molecular complexity index is 896. The highest BCUT2D eigenvalue weighted by molar-refractivity contribution is 5.94. The number of carbonyl (C=O) groups is 2. The molecule has 3 heterocycles. The standard InChI is InChI=1S/C22H27N5O3/c1-26(21(28)16-4-5-16)18-9-10-27(14-18)22(29)17-6-7-19(24-13-17)23-11-15-3-8-20(30-2)25-12-15/h3,6-8,12-13,16,18H,4-5,9-11,14H2,1-2H3,(H,23,24)/t18-/m0/s1. The minimum atomic E-state index is -0.0387. The van der Waals surface area contributed by atoms with Crippen LogP contribution in [0.25, 0.3) is 0 Å². The van der Waals surface area contributed by atoms with Gasteiger partial charge in [0, 0.05) is 51.1 Å².